The van der Waals surface area contributed by atoms with Crippen molar-refractivity contribution in [2.45, 2.75) is 25.8 Å². The van der Waals surface area contributed by atoms with Gasteiger partial charge in [-0.3, -0.25) is 4.79 Å². The average molecular weight is 311 g/mol. The minimum absolute atomic E-state index is 0.0176. The van der Waals surface area contributed by atoms with Gasteiger partial charge in [-0.15, -0.1) is 0 Å². The molecule has 1 N–H and O–H groups in total. The summed E-state index contributed by atoms with van der Waals surface area (Å²) >= 11 is 0. The molecular formula is C19H21NO3. The number of aryl methyl sites for hydroxylation is 1. The Morgan fingerprint density at radius 2 is 1.83 bits per heavy atom. The molecule has 120 valence electrons. The largest absolute Gasteiger partial charge is 0.486 e. The standard InChI is InChI=1S/C19H21NO3/c1-14(16-5-3-2-4-6-16)20-19(21)10-8-15-7-9-17-18(13-15)23-12-11-22-17/h2-7,9,13-14H,8,10-12H2,1H3,(H,20,21). The van der Waals surface area contributed by atoms with Crippen LogP contribution in [0.1, 0.15) is 30.5 Å². The van der Waals surface area contributed by atoms with Crippen LogP contribution >= 0.6 is 0 Å². The van der Waals surface area contributed by atoms with Gasteiger partial charge in [0.25, 0.3) is 0 Å². The van der Waals surface area contributed by atoms with E-state index in [0.717, 1.165) is 22.6 Å². The van der Waals surface area contributed by atoms with Gasteiger partial charge in [0.15, 0.2) is 11.5 Å². The Bertz CT molecular complexity index is 670. The van der Waals surface area contributed by atoms with Crippen LogP contribution in [0.5, 0.6) is 11.5 Å². The van der Waals surface area contributed by atoms with Crippen molar-refractivity contribution in [1.82, 2.24) is 5.32 Å². The van der Waals surface area contributed by atoms with Crippen molar-refractivity contribution in [2.75, 3.05) is 13.2 Å². The second-order valence-electron chi connectivity index (χ2n) is 5.68. The number of ether oxygens (including phenoxy) is 2. The van der Waals surface area contributed by atoms with Crippen molar-refractivity contribution in [3.63, 3.8) is 0 Å². The van der Waals surface area contributed by atoms with Crippen LogP contribution in [0.15, 0.2) is 48.5 Å². The monoisotopic (exact) mass is 311 g/mol. The van der Waals surface area contributed by atoms with Crippen LogP contribution in [0.25, 0.3) is 0 Å². The van der Waals surface area contributed by atoms with Crippen LogP contribution in [0.3, 0.4) is 0 Å². The van der Waals surface area contributed by atoms with Gasteiger partial charge in [-0.25, -0.2) is 0 Å². The number of hydrogen-bond acceptors (Lipinski definition) is 3. The average Bonchev–Trinajstić information content (AvgIpc) is 2.60. The third-order valence-electron chi connectivity index (χ3n) is 3.92. The Morgan fingerprint density at radius 1 is 1.09 bits per heavy atom. The lowest BCUT2D eigenvalue weighted by Gasteiger charge is -2.19. The van der Waals surface area contributed by atoms with Crippen molar-refractivity contribution in [1.29, 1.82) is 0 Å². The third kappa shape index (κ3) is 4.03. The summed E-state index contributed by atoms with van der Waals surface area (Å²) in [5.74, 6) is 1.60. The summed E-state index contributed by atoms with van der Waals surface area (Å²) < 4.78 is 11.1. The Balaban J connectivity index is 1.53. The van der Waals surface area contributed by atoms with E-state index in [1.165, 1.54) is 0 Å². The van der Waals surface area contributed by atoms with E-state index in [0.29, 0.717) is 26.1 Å². The van der Waals surface area contributed by atoms with Crippen LogP contribution in [-0.4, -0.2) is 19.1 Å². The number of carbonyl (C=O) groups excluding carboxylic acids is 1. The smallest absolute Gasteiger partial charge is 0.220 e. The van der Waals surface area contributed by atoms with Gasteiger partial charge in [0.05, 0.1) is 6.04 Å². The maximum Gasteiger partial charge on any atom is 0.220 e. The molecule has 0 fully saturated rings. The molecule has 1 aliphatic heterocycles. The summed E-state index contributed by atoms with van der Waals surface area (Å²) in [7, 11) is 0. The summed E-state index contributed by atoms with van der Waals surface area (Å²) in [5.41, 5.74) is 2.19. The van der Waals surface area contributed by atoms with E-state index in [4.69, 9.17) is 9.47 Å². The van der Waals surface area contributed by atoms with Crippen LogP contribution in [-0.2, 0) is 11.2 Å². The molecule has 2 aromatic carbocycles. The molecular weight excluding hydrogens is 290 g/mol. The van der Waals surface area contributed by atoms with E-state index in [9.17, 15) is 4.79 Å². The number of fused-ring (bicyclic) bond motifs is 1. The fourth-order valence-electron chi connectivity index (χ4n) is 2.64. The van der Waals surface area contributed by atoms with E-state index in [1.54, 1.807) is 0 Å². The first kappa shape index (κ1) is 15.4. The topological polar surface area (TPSA) is 47.6 Å². The fourth-order valence-corrected chi connectivity index (χ4v) is 2.64. The quantitative estimate of drug-likeness (QED) is 0.922. The van der Waals surface area contributed by atoms with E-state index in [2.05, 4.69) is 5.32 Å². The van der Waals surface area contributed by atoms with Crippen LogP contribution < -0.4 is 14.8 Å². The highest BCUT2D eigenvalue weighted by Gasteiger charge is 2.13. The van der Waals surface area contributed by atoms with E-state index >= 15 is 0 Å². The molecule has 1 amide bonds. The minimum Gasteiger partial charge on any atom is -0.486 e. The minimum atomic E-state index is 0.0176. The van der Waals surface area contributed by atoms with Crippen molar-refractivity contribution in [3.8, 4) is 11.5 Å². The molecule has 0 aliphatic carbocycles. The Morgan fingerprint density at radius 3 is 2.61 bits per heavy atom. The molecule has 1 unspecified atom stereocenters. The number of carbonyl (C=O) groups is 1. The maximum atomic E-state index is 12.1. The van der Waals surface area contributed by atoms with Gasteiger partial charge in [-0.2, -0.15) is 0 Å². The lowest BCUT2D eigenvalue weighted by molar-refractivity contribution is -0.121. The molecule has 0 saturated heterocycles. The lowest BCUT2D eigenvalue weighted by Crippen LogP contribution is -2.26. The first-order valence-corrected chi connectivity index (χ1v) is 7.95. The van der Waals surface area contributed by atoms with Gasteiger partial charge >= 0.3 is 0 Å². The van der Waals surface area contributed by atoms with Crippen molar-refractivity contribution < 1.29 is 14.3 Å². The normalized spacial score (nSPS) is 14.1. The first-order chi connectivity index (χ1) is 11.2. The Hall–Kier alpha value is -2.49. The first-order valence-electron chi connectivity index (χ1n) is 7.95. The van der Waals surface area contributed by atoms with E-state index in [1.807, 2.05) is 55.5 Å². The van der Waals surface area contributed by atoms with E-state index < -0.39 is 0 Å². The predicted molar refractivity (Wildman–Crippen MR) is 88.8 cm³/mol. The van der Waals surface area contributed by atoms with Crippen molar-refractivity contribution in [3.05, 3.63) is 59.7 Å². The second kappa shape index (κ2) is 7.18. The van der Waals surface area contributed by atoms with Gasteiger partial charge < -0.3 is 14.8 Å². The van der Waals surface area contributed by atoms with Gasteiger partial charge in [0.2, 0.25) is 5.91 Å². The molecule has 0 bridgehead atoms. The van der Waals surface area contributed by atoms with Crippen LogP contribution in [0.4, 0.5) is 0 Å². The third-order valence-corrected chi connectivity index (χ3v) is 3.92. The molecule has 23 heavy (non-hydrogen) atoms. The number of benzene rings is 2. The summed E-state index contributed by atoms with van der Waals surface area (Å²) in [5, 5.41) is 3.03. The highest BCUT2D eigenvalue weighted by Crippen LogP contribution is 2.31. The van der Waals surface area contributed by atoms with Crippen molar-refractivity contribution in [2.24, 2.45) is 0 Å². The zero-order valence-corrected chi connectivity index (χ0v) is 13.2. The summed E-state index contributed by atoms with van der Waals surface area (Å²) in [6.45, 7) is 3.16. The summed E-state index contributed by atoms with van der Waals surface area (Å²) in [4.78, 5) is 12.1. The number of hydrogen-bond donors (Lipinski definition) is 1. The lowest BCUT2D eigenvalue weighted by atomic mass is 10.1. The molecule has 1 heterocycles. The van der Waals surface area contributed by atoms with Crippen molar-refractivity contribution >= 4 is 5.91 Å². The molecule has 1 aliphatic rings. The summed E-state index contributed by atoms with van der Waals surface area (Å²) in [6.07, 6.45) is 1.14. The molecule has 0 radical (unpaired) electrons. The molecule has 2 aromatic rings. The fraction of sp³-hybridized carbons (Fsp3) is 0.316. The maximum absolute atomic E-state index is 12.1. The highest BCUT2D eigenvalue weighted by atomic mass is 16.6. The highest BCUT2D eigenvalue weighted by molar-refractivity contribution is 5.76. The molecule has 4 heteroatoms. The number of rotatable bonds is 5. The molecule has 0 aromatic heterocycles. The SMILES string of the molecule is CC(NC(=O)CCc1ccc2c(c1)OCCO2)c1ccccc1. The molecule has 0 spiro atoms. The molecule has 1 atom stereocenters. The summed E-state index contributed by atoms with van der Waals surface area (Å²) in [6, 6.07) is 15.8. The van der Waals surface area contributed by atoms with Crippen LogP contribution in [0, 0.1) is 0 Å². The van der Waals surface area contributed by atoms with Gasteiger partial charge in [0.1, 0.15) is 13.2 Å². The van der Waals surface area contributed by atoms with Gasteiger partial charge in [-0.05, 0) is 36.6 Å². The number of amides is 1. The molecule has 3 rings (SSSR count). The number of nitrogens with one attached hydrogen (secondary N) is 1. The predicted octanol–water partition coefficient (Wildman–Crippen LogP) is 3.27. The molecule has 0 saturated carbocycles. The van der Waals surface area contributed by atoms with Gasteiger partial charge in [0, 0.05) is 6.42 Å². The van der Waals surface area contributed by atoms with Crippen LogP contribution in [0.2, 0.25) is 0 Å². The second-order valence-corrected chi connectivity index (χ2v) is 5.68. The van der Waals surface area contributed by atoms with E-state index in [-0.39, 0.29) is 11.9 Å². The zero-order chi connectivity index (χ0) is 16.1. The Kier molecular flexibility index (Phi) is 4.81. The zero-order valence-electron chi connectivity index (χ0n) is 13.2. The van der Waals surface area contributed by atoms with Gasteiger partial charge in [-0.1, -0.05) is 36.4 Å². The molecule has 4 nitrogen and oxygen atoms in total. The Labute approximate surface area is 136 Å².